The first kappa shape index (κ1) is 10.3. The zero-order valence-corrected chi connectivity index (χ0v) is 9.61. The standard InChI is InChI=1S/C15H13FO/c1-10-11-6-4-7-14(16)13(11)9-17-15-8-3-2-5-12(10)15/h2-8,10H,9H2,1H3. The van der Waals surface area contributed by atoms with E-state index in [4.69, 9.17) is 4.74 Å². The Morgan fingerprint density at radius 3 is 2.71 bits per heavy atom. The summed E-state index contributed by atoms with van der Waals surface area (Å²) in [4.78, 5) is 0. The molecule has 1 heterocycles. The molecule has 1 nitrogen and oxygen atoms in total. The van der Waals surface area contributed by atoms with Crippen molar-refractivity contribution < 1.29 is 9.13 Å². The van der Waals surface area contributed by atoms with Crippen LogP contribution in [-0.4, -0.2) is 0 Å². The van der Waals surface area contributed by atoms with E-state index in [1.165, 1.54) is 6.07 Å². The van der Waals surface area contributed by atoms with Gasteiger partial charge in [0, 0.05) is 17.0 Å². The van der Waals surface area contributed by atoms with Crippen molar-refractivity contribution >= 4 is 0 Å². The van der Waals surface area contributed by atoms with E-state index in [0.717, 1.165) is 16.9 Å². The first-order valence-electron chi connectivity index (χ1n) is 5.76. The molecule has 3 rings (SSSR count). The number of ether oxygens (including phenoxy) is 1. The lowest BCUT2D eigenvalue weighted by molar-refractivity contribution is 0.300. The Bertz CT molecular complexity index is 563. The number of rotatable bonds is 0. The Hall–Kier alpha value is -1.83. The molecule has 1 aliphatic rings. The van der Waals surface area contributed by atoms with Gasteiger partial charge in [-0.25, -0.2) is 4.39 Å². The second-order valence-electron chi connectivity index (χ2n) is 4.36. The van der Waals surface area contributed by atoms with Gasteiger partial charge in [0.25, 0.3) is 0 Å². The molecule has 0 radical (unpaired) electrons. The van der Waals surface area contributed by atoms with Crippen LogP contribution in [0.1, 0.15) is 29.5 Å². The summed E-state index contributed by atoms with van der Waals surface area (Å²) >= 11 is 0. The topological polar surface area (TPSA) is 9.23 Å². The largest absolute Gasteiger partial charge is 0.488 e. The van der Waals surface area contributed by atoms with Gasteiger partial charge in [0.15, 0.2) is 0 Å². The lowest BCUT2D eigenvalue weighted by atomic mass is 9.90. The molecule has 0 N–H and O–H groups in total. The second kappa shape index (κ2) is 3.88. The van der Waals surface area contributed by atoms with Gasteiger partial charge in [0.05, 0.1) is 0 Å². The molecule has 0 fully saturated rings. The normalized spacial score (nSPS) is 17.6. The van der Waals surface area contributed by atoms with Gasteiger partial charge < -0.3 is 4.74 Å². The highest BCUT2D eigenvalue weighted by molar-refractivity contribution is 5.46. The summed E-state index contributed by atoms with van der Waals surface area (Å²) in [5, 5.41) is 0. The molecule has 2 aromatic rings. The molecule has 0 bridgehead atoms. The molecule has 0 saturated carbocycles. The molecule has 0 saturated heterocycles. The van der Waals surface area contributed by atoms with Gasteiger partial charge in [0.1, 0.15) is 18.2 Å². The van der Waals surface area contributed by atoms with Crippen LogP contribution in [-0.2, 0) is 6.61 Å². The lowest BCUT2D eigenvalue weighted by Gasteiger charge is -2.13. The van der Waals surface area contributed by atoms with Crippen LogP contribution in [0.2, 0.25) is 0 Å². The molecule has 0 amide bonds. The van der Waals surface area contributed by atoms with Crippen LogP contribution < -0.4 is 4.74 Å². The molecule has 1 aliphatic heterocycles. The van der Waals surface area contributed by atoms with E-state index in [1.807, 2.05) is 30.3 Å². The number of hydrogen-bond acceptors (Lipinski definition) is 1. The molecule has 0 aromatic heterocycles. The minimum Gasteiger partial charge on any atom is -0.488 e. The van der Waals surface area contributed by atoms with Crippen molar-refractivity contribution in [3.63, 3.8) is 0 Å². The Morgan fingerprint density at radius 1 is 1.06 bits per heavy atom. The number of hydrogen-bond donors (Lipinski definition) is 0. The summed E-state index contributed by atoms with van der Waals surface area (Å²) in [6.07, 6.45) is 0. The summed E-state index contributed by atoms with van der Waals surface area (Å²) in [5.74, 6) is 0.845. The second-order valence-corrected chi connectivity index (χ2v) is 4.36. The highest BCUT2D eigenvalue weighted by Crippen LogP contribution is 2.37. The Labute approximate surface area is 99.9 Å². The molecule has 0 aliphatic carbocycles. The monoisotopic (exact) mass is 228 g/mol. The zero-order valence-electron chi connectivity index (χ0n) is 9.61. The molecular weight excluding hydrogens is 215 g/mol. The van der Waals surface area contributed by atoms with Gasteiger partial charge in [-0.3, -0.25) is 0 Å². The van der Waals surface area contributed by atoms with Crippen molar-refractivity contribution in [2.75, 3.05) is 0 Å². The predicted octanol–water partition coefficient (Wildman–Crippen LogP) is 3.87. The Kier molecular flexibility index (Phi) is 2.36. The number of para-hydroxylation sites is 1. The van der Waals surface area contributed by atoms with Gasteiger partial charge in [0.2, 0.25) is 0 Å². The molecule has 2 aromatic carbocycles. The van der Waals surface area contributed by atoms with E-state index in [9.17, 15) is 4.39 Å². The maximum Gasteiger partial charge on any atom is 0.130 e. The van der Waals surface area contributed by atoms with E-state index < -0.39 is 0 Å². The molecule has 17 heavy (non-hydrogen) atoms. The predicted molar refractivity (Wildman–Crippen MR) is 64.7 cm³/mol. The van der Waals surface area contributed by atoms with Crippen LogP contribution in [0.25, 0.3) is 0 Å². The van der Waals surface area contributed by atoms with Crippen LogP contribution in [0.15, 0.2) is 42.5 Å². The third-order valence-electron chi connectivity index (χ3n) is 3.38. The number of benzene rings is 2. The molecule has 1 unspecified atom stereocenters. The van der Waals surface area contributed by atoms with Crippen molar-refractivity contribution in [3.8, 4) is 5.75 Å². The first-order chi connectivity index (χ1) is 8.27. The summed E-state index contributed by atoms with van der Waals surface area (Å²) in [7, 11) is 0. The van der Waals surface area contributed by atoms with Gasteiger partial charge in [-0.15, -0.1) is 0 Å². The van der Waals surface area contributed by atoms with Gasteiger partial charge in [-0.1, -0.05) is 37.3 Å². The van der Waals surface area contributed by atoms with Crippen molar-refractivity contribution in [3.05, 3.63) is 65.0 Å². The van der Waals surface area contributed by atoms with E-state index in [1.54, 1.807) is 6.07 Å². The van der Waals surface area contributed by atoms with Crippen molar-refractivity contribution in [1.82, 2.24) is 0 Å². The van der Waals surface area contributed by atoms with Crippen LogP contribution in [0.5, 0.6) is 5.75 Å². The van der Waals surface area contributed by atoms with E-state index in [2.05, 4.69) is 6.92 Å². The van der Waals surface area contributed by atoms with Crippen molar-refractivity contribution in [2.45, 2.75) is 19.4 Å². The molecule has 86 valence electrons. The molecular formula is C15H13FO. The van der Waals surface area contributed by atoms with Crippen LogP contribution in [0.3, 0.4) is 0 Å². The molecule has 1 atom stereocenters. The number of fused-ring (bicyclic) bond motifs is 2. The molecule has 2 heteroatoms. The van der Waals surface area contributed by atoms with Gasteiger partial charge >= 0.3 is 0 Å². The van der Waals surface area contributed by atoms with E-state index in [0.29, 0.717) is 12.2 Å². The average Bonchev–Trinajstić information content (AvgIpc) is 2.50. The van der Waals surface area contributed by atoms with Gasteiger partial charge in [-0.2, -0.15) is 0 Å². The summed E-state index contributed by atoms with van der Waals surface area (Å²) < 4.78 is 19.5. The van der Waals surface area contributed by atoms with Crippen LogP contribution in [0.4, 0.5) is 4.39 Å². The minimum absolute atomic E-state index is 0.166. The summed E-state index contributed by atoms with van der Waals surface area (Å²) in [6, 6.07) is 13.1. The quantitative estimate of drug-likeness (QED) is 0.665. The number of halogens is 1. The fourth-order valence-corrected chi connectivity index (χ4v) is 2.42. The van der Waals surface area contributed by atoms with Crippen LogP contribution in [0, 0.1) is 5.82 Å². The van der Waals surface area contributed by atoms with Gasteiger partial charge in [-0.05, 0) is 17.7 Å². The first-order valence-corrected chi connectivity index (χ1v) is 5.76. The fraction of sp³-hybridized carbons (Fsp3) is 0.200. The Morgan fingerprint density at radius 2 is 1.82 bits per heavy atom. The van der Waals surface area contributed by atoms with Crippen molar-refractivity contribution in [2.24, 2.45) is 0 Å². The van der Waals surface area contributed by atoms with Crippen LogP contribution >= 0.6 is 0 Å². The third kappa shape index (κ3) is 1.60. The third-order valence-corrected chi connectivity index (χ3v) is 3.38. The highest BCUT2D eigenvalue weighted by Gasteiger charge is 2.22. The SMILES string of the molecule is CC1c2ccccc2OCc2c(F)cccc21. The summed E-state index contributed by atoms with van der Waals surface area (Å²) in [5.41, 5.74) is 2.82. The maximum atomic E-state index is 13.8. The van der Waals surface area contributed by atoms with E-state index >= 15 is 0 Å². The Balaban J connectivity index is 2.20. The molecule has 0 spiro atoms. The average molecular weight is 228 g/mol. The summed E-state index contributed by atoms with van der Waals surface area (Å²) in [6.45, 7) is 2.40. The van der Waals surface area contributed by atoms with E-state index in [-0.39, 0.29) is 11.7 Å². The highest BCUT2D eigenvalue weighted by atomic mass is 19.1. The zero-order chi connectivity index (χ0) is 11.8. The van der Waals surface area contributed by atoms with Crippen molar-refractivity contribution in [1.29, 1.82) is 0 Å². The lowest BCUT2D eigenvalue weighted by Crippen LogP contribution is -2.01. The minimum atomic E-state index is -0.179. The maximum absolute atomic E-state index is 13.8. The smallest absolute Gasteiger partial charge is 0.130 e. The fourth-order valence-electron chi connectivity index (χ4n) is 2.42.